The molecule has 1 aromatic carbocycles. The van der Waals surface area contributed by atoms with E-state index >= 15 is 0 Å². The molecule has 0 radical (unpaired) electrons. The fourth-order valence-electron chi connectivity index (χ4n) is 4.55. The summed E-state index contributed by atoms with van der Waals surface area (Å²) in [5.74, 6) is 0.129. The number of benzene rings is 1. The molecule has 2 aliphatic rings. The van der Waals surface area contributed by atoms with Crippen molar-refractivity contribution in [2.75, 3.05) is 20.8 Å². The molecule has 0 spiro atoms. The number of hydrogen-bond donors (Lipinski definition) is 0. The number of fused-ring (bicyclic) bond motifs is 2. The van der Waals surface area contributed by atoms with Gasteiger partial charge in [0, 0.05) is 20.8 Å². The largest absolute Gasteiger partial charge is 0.381 e. The molecule has 2 fully saturated rings. The molecule has 1 amide bonds. The van der Waals surface area contributed by atoms with Crippen molar-refractivity contribution in [1.82, 2.24) is 14.5 Å². The van der Waals surface area contributed by atoms with Crippen molar-refractivity contribution in [3.63, 3.8) is 0 Å². The molecule has 4 rings (SSSR count). The number of carbonyl (C=O) groups is 1. The van der Waals surface area contributed by atoms with Crippen molar-refractivity contribution in [2.24, 2.45) is 0 Å². The van der Waals surface area contributed by atoms with Gasteiger partial charge in [0.2, 0.25) is 5.91 Å². The first-order valence-corrected chi connectivity index (χ1v) is 8.94. The van der Waals surface area contributed by atoms with Crippen LogP contribution in [0.15, 0.2) is 30.6 Å². The average Bonchev–Trinajstić information content (AvgIpc) is 3.23. The van der Waals surface area contributed by atoms with E-state index in [0.29, 0.717) is 6.54 Å². The molecule has 1 saturated carbocycles. The van der Waals surface area contributed by atoms with E-state index in [2.05, 4.69) is 4.98 Å². The van der Waals surface area contributed by atoms with E-state index in [-0.39, 0.29) is 23.7 Å². The number of ether oxygens (including phenoxy) is 2. The first-order valence-electron chi connectivity index (χ1n) is 8.94. The lowest BCUT2D eigenvalue weighted by atomic mass is 9.79. The molecule has 0 bridgehead atoms. The number of methoxy groups -OCH3 is 2. The number of aromatic nitrogens is 2. The number of likely N-dealkylation sites (tertiary alicyclic amines) is 1. The first kappa shape index (κ1) is 16.5. The molecular weight excluding hydrogens is 318 g/mol. The molecule has 1 aromatic heterocycles. The Balaban J connectivity index is 1.55. The van der Waals surface area contributed by atoms with Gasteiger partial charge in [-0.25, -0.2) is 4.98 Å². The highest BCUT2D eigenvalue weighted by atomic mass is 16.5. The smallest absolute Gasteiger partial charge is 0.242 e. The topological polar surface area (TPSA) is 56.6 Å². The van der Waals surface area contributed by atoms with E-state index < -0.39 is 0 Å². The third kappa shape index (κ3) is 2.73. The fourth-order valence-corrected chi connectivity index (χ4v) is 4.55. The van der Waals surface area contributed by atoms with Crippen LogP contribution >= 0.6 is 0 Å². The van der Waals surface area contributed by atoms with Gasteiger partial charge in [0.05, 0.1) is 35.1 Å². The van der Waals surface area contributed by atoms with Crippen LogP contribution < -0.4 is 0 Å². The Kier molecular flexibility index (Phi) is 4.25. The van der Waals surface area contributed by atoms with Crippen molar-refractivity contribution < 1.29 is 14.3 Å². The van der Waals surface area contributed by atoms with Crippen LogP contribution in [-0.2, 0) is 20.8 Å². The molecule has 0 N–H and O–H groups in total. The third-order valence-electron chi connectivity index (χ3n) is 6.03. The van der Waals surface area contributed by atoms with Gasteiger partial charge in [-0.3, -0.25) is 4.79 Å². The monoisotopic (exact) mass is 343 g/mol. The minimum Gasteiger partial charge on any atom is -0.381 e. The molecule has 1 aliphatic carbocycles. The summed E-state index contributed by atoms with van der Waals surface area (Å²) in [6.45, 7) is 1.06. The van der Waals surface area contributed by atoms with E-state index in [1.54, 1.807) is 20.5 Å². The zero-order chi connectivity index (χ0) is 17.4. The van der Waals surface area contributed by atoms with Crippen LogP contribution in [0.3, 0.4) is 0 Å². The second-order valence-corrected chi connectivity index (χ2v) is 7.12. The molecule has 2 aromatic rings. The highest BCUT2D eigenvalue weighted by Gasteiger charge is 2.52. The maximum absolute atomic E-state index is 13.0. The molecule has 6 nitrogen and oxygen atoms in total. The summed E-state index contributed by atoms with van der Waals surface area (Å²) in [6.07, 6.45) is 5.65. The van der Waals surface area contributed by atoms with Crippen LogP contribution in [0.25, 0.3) is 11.0 Å². The Labute approximate surface area is 147 Å². The zero-order valence-corrected chi connectivity index (χ0v) is 14.9. The number of amides is 1. The lowest BCUT2D eigenvalue weighted by molar-refractivity contribution is -0.141. The number of imidazole rings is 1. The van der Waals surface area contributed by atoms with Gasteiger partial charge in [-0.1, -0.05) is 12.1 Å². The van der Waals surface area contributed by atoms with Crippen molar-refractivity contribution in [3.8, 4) is 0 Å². The van der Waals surface area contributed by atoms with E-state index in [1.807, 2.05) is 33.7 Å². The Morgan fingerprint density at radius 1 is 1.32 bits per heavy atom. The minimum atomic E-state index is -0.207. The van der Waals surface area contributed by atoms with Crippen LogP contribution in [0.4, 0.5) is 0 Å². The number of rotatable bonds is 4. The standard InChI is InChI=1S/C19H25N3O3/c1-24-14-7-8-19(25-2)9-10-22(17(19)11-14)18(23)12-21-13-20-15-5-3-4-6-16(15)21/h3-6,13-14,17H,7-12H2,1-2H3/t14-,17-,19+/m0/s1. The molecule has 25 heavy (non-hydrogen) atoms. The zero-order valence-electron chi connectivity index (χ0n) is 14.9. The van der Waals surface area contributed by atoms with Gasteiger partial charge >= 0.3 is 0 Å². The summed E-state index contributed by atoms with van der Waals surface area (Å²) in [5, 5.41) is 0. The quantitative estimate of drug-likeness (QED) is 0.854. The van der Waals surface area contributed by atoms with Gasteiger partial charge in [-0.15, -0.1) is 0 Å². The van der Waals surface area contributed by atoms with Crippen molar-refractivity contribution in [3.05, 3.63) is 30.6 Å². The number of nitrogens with zero attached hydrogens (tertiary/aromatic N) is 3. The van der Waals surface area contributed by atoms with Crippen LogP contribution in [-0.4, -0.2) is 58.9 Å². The summed E-state index contributed by atoms with van der Waals surface area (Å²) >= 11 is 0. The van der Waals surface area contributed by atoms with E-state index in [4.69, 9.17) is 9.47 Å². The second-order valence-electron chi connectivity index (χ2n) is 7.12. The summed E-state index contributed by atoms with van der Waals surface area (Å²) in [6, 6.07) is 7.99. The van der Waals surface area contributed by atoms with Crippen LogP contribution in [0.2, 0.25) is 0 Å². The van der Waals surface area contributed by atoms with Crippen molar-refractivity contribution >= 4 is 16.9 Å². The Morgan fingerprint density at radius 3 is 2.96 bits per heavy atom. The molecular formula is C19H25N3O3. The normalized spacial score (nSPS) is 29.1. The minimum absolute atomic E-state index is 0.0958. The summed E-state index contributed by atoms with van der Waals surface area (Å²) < 4.78 is 13.4. The van der Waals surface area contributed by atoms with Gasteiger partial charge in [-0.05, 0) is 37.8 Å². The molecule has 1 saturated heterocycles. The maximum Gasteiger partial charge on any atom is 0.242 e. The fraction of sp³-hybridized carbons (Fsp3) is 0.579. The number of para-hydroxylation sites is 2. The molecule has 0 unspecified atom stereocenters. The Hall–Kier alpha value is -1.92. The van der Waals surface area contributed by atoms with Gasteiger partial charge < -0.3 is 18.9 Å². The number of hydrogen-bond acceptors (Lipinski definition) is 4. The van der Waals surface area contributed by atoms with Gasteiger partial charge in [0.1, 0.15) is 6.54 Å². The second kappa shape index (κ2) is 6.42. The van der Waals surface area contributed by atoms with Gasteiger partial charge in [-0.2, -0.15) is 0 Å². The van der Waals surface area contributed by atoms with Crippen LogP contribution in [0.5, 0.6) is 0 Å². The molecule has 6 heteroatoms. The summed E-state index contributed by atoms with van der Waals surface area (Å²) in [4.78, 5) is 19.4. The van der Waals surface area contributed by atoms with E-state index in [1.165, 1.54) is 0 Å². The number of carbonyl (C=O) groups excluding carboxylic acids is 1. The first-order chi connectivity index (χ1) is 12.2. The van der Waals surface area contributed by atoms with E-state index in [9.17, 15) is 4.79 Å². The Bertz CT molecular complexity index is 774. The highest BCUT2D eigenvalue weighted by molar-refractivity contribution is 5.81. The highest BCUT2D eigenvalue weighted by Crippen LogP contribution is 2.43. The van der Waals surface area contributed by atoms with E-state index in [0.717, 1.165) is 43.3 Å². The molecule has 2 heterocycles. The lowest BCUT2D eigenvalue weighted by Crippen LogP contribution is -2.53. The Morgan fingerprint density at radius 2 is 2.16 bits per heavy atom. The van der Waals surface area contributed by atoms with Crippen LogP contribution in [0.1, 0.15) is 25.7 Å². The van der Waals surface area contributed by atoms with Crippen molar-refractivity contribution in [2.45, 2.75) is 50.0 Å². The van der Waals surface area contributed by atoms with Crippen LogP contribution in [0, 0.1) is 0 Å². The summed E-state index contributed by atoms with van der Waals surface area (Å²) in [7, 11) is 3.53. The average molecular weight is 343 g/mol. The molecule has 1 aliphatic heterocycles. The third-order valence-corrected chi connectivity index (χ3v) is 6.03. The lowest BCUT2D eigenvalue weighted by Gasteiger charge is -2.43. The van der Waals surface area contributed by atoms with Gasteiger partial charge in [0.25, 0.3) is 0 Å². The molecule has 3 atom stereocenters. The SMILES string of the molecule is CO[C@H]1CC[C@@]2(OC)CCN(C(=O)Cn3cnc4ccccc43)[C@H]2C1. The maximum atomic E-state index is 13.0. The molecule has 134 valence electrons. The van der Waals surface area contributed by atoms with Gasteiger partial charge in [0.15, 0.2) is 0 Å². The van der Waals surface area contributed by atoms with Crippen molar-refractivity contribution in [1.29, 1.82) is 0 Å². The predicted molar refractivity (Wildman–Crippen MR) is 94.2 cm³/mol. The predicted octanol–water partition coefficient (Wildman–Crippen LogP) is 2.22. The summed E-state index contributed by atoms with van der Waals surface area (Å²) in [5.41, 5.74) is 1.70.